The summed E-state index contributed by atoms with van der Waals surface area (Å²) in [6.45, 7) is 6.97. The first-order chi connectivity index (χ1) is 6.95. The second-order valence-electron chi connectivity index (χ2n) is 4.39. The van der Waals surface area contributed by atoms with Crippen LogP contribution in [-0.2, 0) is 4.74 Å². The Hall–Kier alpha value is -0.120. The van der Waals surface area contributed by atoms with Crippen molar-refractivity contribution in [2.45, 2.75) is 31.8 Å². The third-order valence-corrected chi connectivity index (χ3v) is 3.20. The molecule has 0 saturated carbocycles. The number of nitrogens with zero attached hydrogens (tertiary/aromatic N) is 1. The molecule has 1 N–H and O–H groups in total. The first-order valence-corrected chi connectivity index (χ1v) is 6.00. The van der Waals surface area contributed by atoms with Crippen molar-refractivity contribution >= 4 is 0 Å². The average molecular weight is 198 g/mol. The summed E-state index contributed by atoms with van der Waals surface area (Å²) in [6.07, 6.45) is 5.78. The normalized spacial score (nSPS) is 28.7. The lowest BCUT2D eigenvalue weighted by molar-refractivity contribution is 0.109. The number of rotatable bonds is 5. The maximum atomic E-state index is 5.55. The molecule has 0 aliphatic carbocycles. The van der Waals surface area contributed by atoms with Gasteiger partial charge >= 0.3 is 0 Å². The van der Waals surface area contributed by atoms with E-state index in [1.54, 1.807) is 0 Å². The monoisotopic (exact) mass is 198 g/mol. The minimum atomic E-state index is 0.494. The number of nitrogens with one attached hydrogen (secondary N) is 1. The zero-order valence-electron chi connectivity index (χ0n) is 9.00. The van der Waals surface area contributed by atoms with Gasteiger partial charge < -0.3 is 15.0 Å². The Bertz CT molecular complexity index is 133. The highest BCUT2D eigenvalue weighted by molar-refractivity contribution is 4.70. The highest BCUT2D eigenvalue weighted by Gasteiger charge is 2.15. The zero-order chi connectivity index (χ0) is 9.64. The van der Waals surface area contributed by atoms with Crippen molar-refractivity contribution in [2.75, 3.05) is 39.3 Å². The molecule has 0 spiro atoms. The summed E-state index contributed by atoms with van der Waals surface area (Å²) in [4.78, 5) is 2.54. The van der Waals surface area contributed by atoms with Crippen LogP contribution in [0.2, 0.25) is 0 Å². The van der Waals surface area contributed by atoms with Crippen molar-refractivity contribution in [3.8, 4) is 0 Å². The van der Waals surface area contributed by atoms with Crippen LogP contribution in [0.3, 0.4) is 0 Å². The molecular weight excluding hydrogens is 176 g/mol. The molecule has 0 aromatic rings. The van der Waals surface area contributed by atoms with E-state index in [1.807, 2.05) is 0 Å². The van der Waals surface area contributed by atoms with E-state index >= 15 is 0 Å². The second-order valence-corrected chi connectivity index (χ2v) is 4.39. The van der Waals surface area contributed by atoms with Crippen molar-refractivity contribution in [3.05, 3.63) is 0 Å². The lowest BCUT2D eigenvalue weighted by Gasteiger charge is -2.16. The topological polar surface area (TPSA) is 24.5 Å². The highest BCUT2D eigenvalue weighted by Crippen LogP contribution is 2.10. The van der Waals surface area contributed by atoms with Gasteiger partial charge in [-0.1, -0.05) is 0 Å². The molecule has 0 radical (unpaired) electrons. The molecule has 2 fully saturated rings. The fourth-order valence-electron chi connectivity index (χ4n) is 2.31. The molecule has 2 rings (SSSR count). The minimum absolute atomic E-state index is 0.494. The maximum absolute atomic E-state index is 5.55. The fourth-order valence-corrected chi connectivity index (χ4v) is 2.31. The first-order valence-electron chi connectivity index (χ1n) is 6.00. The summed E-state index contributed by atoms with van der Waals surface area (Å²) in [5.74, 6) is 0. The number of hydrogen-bond donors (Lipinski definition) is 1. The van der Waals surface area contributed by atoms with E-state index in [0.29, 0.717) is 6.10 Å². The van der Waals surface area contributed by atoms with Crippen molar-refractivity contribution < 1.29 is 4.74 Å². The van der Waals surface area contributed by atoms with Crippen LogP contribution in [0.4, 0.5) is 0 Å². The standard InChI is InChI=1S/C11H22N2O/c1-2-7-13(6-1)8-5-12-10-11-4-3-9-14-11/h11-12H,1-10H2. The van der Waals surface area contributed by atoms with Crippen molar-refractivity contribution in [3.63, 3.8) is 0 Å². The zero-order valence-corrected chi connectivity index (χ0v) is 9.00. The molecular formula is C11H22N2O. The molecule has 14 heavy (non-hydrogen) atoms. The van der Waals surface area contributed by atoms with E-state index in [4.69, 9.17) is 4.74 Å². The molecule has 0 bridgehead atoms. The molecule has 3 heteroatoms. The molecule has 0 aromatic carbocycles. The quantitative estimate of drug-likeness (QED) is 0.663. The molecule has 82 valence electrons. The Labute approximate surface area is 86.8 Å². The number of hydrogen-bond acceptors (Lipinski definition) is 3. The first kappa shape index (κ1) is 10.4. The van der Waals surface area contributed by atoms with Crippen LogP contribution in [-0.4, -0.2) is 50.3 Å². The van der Waals surface area contributed by atoms with Crippen molar-refractivity contribution in [2.24, 2.45) is 0 Å². The van der Waals surface area contributed by atoms with Crippen LogP contribution in [0.15, 0.2) is 0 Å². The molecule has 2 saturated heterocycles. The Kier molecular flexibility index (Phi) is 4.22. The average Bonchev–Trinajstić information content (AvgIpc) is 2.86. The van der Waals surface area contributed by atoms with E-state index in [1.165, 1.54) is 45.3 Å². The largest absolute Gasteiger partial charge is 0.377 e. The van der Waals surface area contributed by atoms with Gasteiger partial charge in [0, 0.05) is 26.2 Å². The van der Waals surface area contributed by atoms with Gasteiger partial charge in [0.1, 0.15) is 0 Å². The summed E-state index contributed by atoms with van der Waals surface area (Å²) in [7, 11) is 0. The molecule has 2 aliphatic rings. The molecule has 0 amide bonds. The summed E-state index contributed by atoms with van der Waals surface area (Å²) in [5.41, 5.74) is 0. The van der Waals surface area contributed by atoms with Crippen LogP contribution in [0.1, 0.15) is 25.7 Å². The van der Waals surface area contributed by atoms with E-state index < -0.39 is 0 Å². The third-order valence-electron chi connectivity index (χ3n) is 3.20. The summed E-state index contributed by atoms with van der Waals surface area (Å²) in [6, 6.07) is 0. The van der Waals surface area contributed by atoms with E-state index in [9.17, 15) is 0 Å². The van der Waals surface area contributed by atoms with Crippen molar-refractivity contribution in [1.29, 1.82) is 0 Å². The number of likely N-dealkylation sites (tertiary alicyclic amines) is 1. The highest BCUT2D eigenvalue weighted by atomic mass is 16.5. The van der Waals surface area contributed by atoms with Gasteiger partial charge in [-0.25, -0.2) is 0 Å². The Morgan fingerprint density at radius 3 is 2.79 bits per heavy atom. The lowest BCUT2D eigenvalue weighted by atomic mass is 10.2. The molecule has 2 aliphatic heterocycles. The van der Waals surface area contributed by atoms with Gasteiger partial charge in [-0.15, -0.1) is 0 Å². The van der Waals surface area contributed by atoms with E-state index in [-0.39, 0.29) is 0 Å². The van der Waals surface area contributed by atoms with E-state index in [0.717, 1.165) is 19.7 Å². The van der Waals surface area contributed by atoms with Gasteiger partial charge in [-0.3, -0.25) is 0 Å². The third kappa shape index (κ3) is 3.23. The maximum Gasteiger partial charge on any atom is 0.0700 e. The Balaban J connectivity index is 1.46. The van der Waals surface area contributed by atoms with Crippen LogP contribution in [0.25, 0.3) is 0 Å². The van der Waals surface area contributed by atoms with Crippen molar-refractivity contribution in [1.82, 2.24) is 10.2 Å². The van der Waals surface area contributed by atoms with Gasteiger partial charge in [0.15, 0.2) is 0 Å². The minimum Gasteiger partial charge on any atom is -0.377 e. The molecule has 1 atom stereocenters. The van der Waals surface area contributed by atoms with Gasteiger partial charge in [-0.05, 0) is 38.8 Å². The van der Waals surface area contributed by atoms with Gasteiger partial charge in [0.2, 0.25) is 0 Å². The van der Waals surface area contributed by atoms with Crippen LogP contribution in [0, 0.1) is 0 Å². The van der Waals surface area contributed by atoms with Crippen LogP contribution < -0.4 is 5.32 Å². The van der Waals surface area contributed by atoms with Crippen LogP contribution in [0.5, 0.6) is 0 Å². The SMILES string of the molecule is C1COC(CNCCN2CCCC2)C1. The molecule has 1 unspecified atom stereocenters. The summed E-state index contributed by atoms with van der Waals surface area (Å²) < 4.78 is 5.55. The van der Waals surface area contributed by atoms with Crippen LogP contribution >= 0.6 is 0 Å². The lowest BCUT2D eigenvalue weighted by Crippen LogP contribution is -2.34. The van der Waals surface area contributed by atoms with E-state index in [2.05, 4.69) is 10.2 Å². The Morgan fingerprint density at radius 1 is 1.21 bits per heavy atom. The molecule has 2 heterocycles. The second kappa shape index (κ2) is 5.69. The van der Waals surface area contributed by atoms with Gasteiger partial charge in [-0.2, -0.15) is 0 Å². The summed E-state index contributed by atoms with van der Waals surface area (Å²) in [5, 5.41) is 3.49. The van der Waals surface area contributed by atoms with Gasteiger partial charge in [0.25, 0.3) is 0 Å². The molecule has 3 nitrogen and oxygen atoms in total. The van der Waals surface area contributed by atoms with Gasteiger partial charge in [0.05, 0.1) is 6.10 Å². The predicted octanol–water partition coefficient (Wildman–Crippen LogP) is 0.851. The number of ether oxygens (including phenoxy) is 1. The summed E-state index contributed by atoms with van der Waals surface area (Å²) >= 11 is 0. The smallest absolute Gasteiger partial charge is 0.0700 e. The predicted molar refractivity (Wildman–Crippen MR) is 57.5 cm³/mol. The fraction of sp³-hybridized carbons (Fsp3) is 1.00. The Morgan fingerprint density at radius 2 is 2.07 bits per heavy atom. The molecule has 0 aromatic heterocycles.